The largest absolute Gasteiger partial charge is 0.416 e. The fourth-order valence-electron chi connectivity index (χ4n) is 3.64. The Bertz CT molecular complexity index is 822. The third kappa shape index (κ3) is 6.34. The number of rotatable bonds is 5. The van der Waals surface area contributed by atoms with E-state index in [4.69, 9.17) is 4.74 Å². The van der Waals surface area contributed by atoms with Gasteiger partial charge >= 0.3 is 6.18 Å². The molecule has 0 aromatic heterocycles. The van der Waals surface area contributed by atoms with Gasteiger partial charge in [-0.3, -0.25) is 4.99 Å². The maximum atomic E-state index is 12.9. The van der Waals surface area contributed by atoms with E-state index in [0.29, 0.717) is 31.3 Å². The lowest BCUT2D eigenvalue weighted by Crippen LogP contribution is -2.47. The molecule has 2 N–H and O–H groups in total. The molecule has 0 amide bonds. The van der Waals surface area contributed by atoms with Gasteiger partial charge in [0.05, 0.1) is 5.56 Å². The van der Waals surface area contributed by atoms with Crippen LogP contribution in [0, 0.1) is 0 Å². The van der Waals surface area contributed by atoms with Gasteiger partial charge in [0.1, 0.15) is 0 Å². The quantitative estimate of drug-likeness (QED) is 0.332. The van der Waals surface area contributed by atoms with Crippen LogP contribution in [-0.2, 0) is 22.9 Å². The Morgan fingerprint density at radius 2 is 1.73 bits per heavy atom. The molecule has 1 aliphatic rings. The minimum Gasteiger partial charge on any atom is -0.381 e. The lowest BCUT2D eigenvalue weighted by Gasteiger charge is -2.38. The van der Waals surface area contributed by atoms with Gasteiger partial charge in [-0.05, 0) is 36.1 Å². The van der Waals surface area contributed by atoms with Gasteiger partial charge in [0.2, 0.25) is 0 Å². The van der Waals surface area contributed by atoms with E-state index in [1.54, 1.807) is 13.1 Å². The van der Waals surface area contributed by atoms with Crippen molar-refractivity contribution >= 4 is 29.9 Å². The molecule has 1 fully saturated rings. The molecule has 30 heavy (non-hydrogen) atoms. The van der Waals surface area contributed by atoms with Crippen molar-refractivity contribution < 1.29 is 17.9 Å². The van der Waals surface area contributed by atoms with Crippen LogP contribution in [-0.4, -0.2) is 32.8 Å². The van der Waals surface area contributed by atoms with E-state index >= 15 is 0 Å². The van der Waals surface area contributed by atoms with E-state index in [2.05, 4.69) is 27.8 Å². The average Bonchev–Trinajstić information content (AvgIpc) is 2.75. The third-order valence-corrected chi connectivity index (χ3v) is 5.37. The smallest absolute Gasteiger partial charge is 0.381 e. The summed E-state index contributed by atoms with van der Waals surface area (Å²) < 4.78 is 44.2. The molecule has 1 saturated heterocycles. The number of benzene rings is 2. The van der Waals surface area contributed by atoms with Crippen LogP contribution in [0.2, 0.25) is 0 Å². The van der Waals surface area contributed by atoms with Crippen molar-refractivity contribution in [2.45, 2.75) is 31.0 Å². The molecule has 0 saturated carbocycles. The SMILES string of the molecule is CN=C(NCc1cccc(C(F)(F)F)c1)NCC1(c2ccccc2)CCOCC1.I. The molecule has 2 aromatic carbocycles. The number of aliphatic imine (C=N–C) groups is 1. The minimum atomic E-state index is -4.35. The summed E-state index contributed by atoms with van der Waals surface area (Å²) in [6.07, 6.45) is -2.55. The van der Waals surface area contributed by atoms with E-state index in [1.807, 2.05) is 18.2 Å². The van der Waals surface area contributed by atoms with Crippen molar-refractivity contribution in [3.8, 4) is 0 Å². The first-order valence-corrected chi connectivity index (χ1v) is 9.67. The maximum absolute atomic E-state index is 12.9. The van der Waals surface area contributed by atoms with Crippen LogP contribution in [0.3, 0.4) is 0 Å². The van der Waals surface area contributed by atoms with Crippen molar-refractivity contribution in [2.75, 3.05) is 26.8 Å². The van der Waals surface area contributed by atoms with Gasteiger partial charge in [-0.1, -0.05) is 42.5 Å². The highest BCUT2D eigenvalue weighted by Crippen LogP contribution is 2.34. The van der Waals surface area contributed by atoms with Gasteiger partial charge < -0.3 is 15.4 Å². The number of ether oxygens (including phenoxy) is 1. The molecular weight excluding hydrogens is 506 g/mol. The van der Waals surface area contributed by atoms with Crippen LogP contribution in [0.4, 0.5) is 13.2 Å². The van der Waals surface area contributed by atoms with Crippen molar-refractivity contribution in [3.63, 3.8) is 0 Å². The fourth-order valence-corrected chi connectivity index (χ4v) is 3.64. The van der Waals surface area contributed by atoms with Crippen LogP contribution in [0.15, 0.2) is 59.6 Å². The van der Waals surface area contributed by atoms with Gasteiger partial charge in [-0.15, -0.1) is 24.0 Å². The molecule has 0 radical (unpaired) electrons. The first-order valence-electron chi connectivity index (χ1n) is 9.67. The molecule has 1 aliphatic heterocycles. The molecule has 0 aliphatic carbocycles. The van der Waals surface area contributed by atoms with Crippen molar-refractivity contribution in [1.82, 2.24) is 10.6 Å². The summed E-state index contributed by atoms with van der Waals surface area (Å²) in [5.74, 6) is 0.559. The standard InChI is InChI=1S/C22H26F3N3O.HI/c1-26-20(27-15-17-6-5-9-19(14-17)22(23,24)25)28-16-21(10-12-29-13-11-21)18-7-3-2-4-8-18;/h2-9,14H,10-13,15-16H2,1H3,(H2,26,27,28);1H. The number of nitrogens with one attached hydrogen (secondary N) is 2. The molecule has 0 spiro atoms. The summed E-state index contributed by atoms with van der Waals surface area (Å²) in [6, 6.07) is 15.6. The number of alkyl halides is 3. The first kappa shape index (κ1) is 24.5. The second kappa shape index (κ2) is 11.0. The van der Waals surface area contributed by atoms with Crippen LogP contribution in [0.1, 0.15) is 29.5 Å². The van der Waals surface area contributed by atoms with Crippen molar-refractivity contribution in [3.05, 3.63) is 71.3 Å². The van der Waals surface area contributed by atoms with Crippen molar-refractivity contribution in [1.29, 1.82) is 0 Å². The highest BCUT2D eigenvalue weighted by molar-refractivity contribution is 14.0. The topological polar surface area (TPSA) is 45.7 Å². The Hall–Kier alpha value is -1.81. The average molecular weight is 533 g/mol. The molecule has 3 rings (SSSR count). The predicted molar refractivity (Wildman–Crippen MR) is 123 cm³/mol. The van der Waals surface area contributed by atoms with Crippen LogP contribution in [0.25, 0.3) is 0 Å². The highest BCUT2D eigenvalue weighted by Gasteiger charge is 2.34. The second-order valence-corrected chi connectivity index (χ2v) is 7.24. The van der Waals surface area contributed by atoms with Crippen LogP contribution < -0.4 is 10.6 Å². The molecular formula is C22H27F3IN3O. The molecule has 2 aromatic rings. The zero-order valence-corrected chi connectivity index (χ0v) is 19.2. The molecule has 0 bridgehead atoms. The number of hydrogen-bond acceptors (Lipinski definition) is 2. The molecule has 4 nitrogen and oxygen atoms in total. The Labute approximate surface area is 192 Å². The van der Waals surface area contributed by atoms with E-state index < -0.39 is 11.7 Å². The van der Waals surface area contributed by atoms with Crippen LogP contribution in [0.5, 0.6) is 0 Å². The number of halogens is 4. The van der Waals surface area contributed by atoms with Gasteiger partial charge in [0.25, 0.3) is 0 Å². The van der Waals surface area contributed by atoms with Gasteiger partial charge in [0, 0.05) is 38.8 Å². The normalized spacial score (nSPS) is 16.5. The monoisotopic (exact) mass is 533 g/mol. The minimum absolute atomic E-state index is 0. The van der Waals surface area contributed by atoms with E-state index in [0.717, 1.165) is 25.0 Å². The summed E-state index contributed by atoms with van der Waals surface area (Å²) in [5, 5.41) is 6.47. The maximum Gasteiger partial charge on any atom is 0.416 e. The number of nitrogens with zero attached hydrogens (tertiary/aromatic N) is 1. The Kier molecular flexibility index (Phi) is 8.96. The Morgan fingerprint density at radius 1 is 1.03 bits per heavy atom. The van der Waals surface area contributed by atoms with E-state index in [9.17, 15) is 13.2 Å². The molecule has 164 valence electrons. The van der Waals surface area contributed by atoms with E-state index in [-0.39, 0.29) is 35.9 Å². The lowest BCUT2D eigenvalue weighted by atomic mass is 9.74. The Balaban J connectivity index is 0.00000320. The van der Waals surface area contributed by atoms with Gasteiger partial charge in [-0.25, -0.2) is 0 Å². The van der Waals surface area contributed by atoms with Crippen LogP contribution >= 0.6 is 24.0 Å². The summed E-state index contributed by atoms with van der Waals surface area (Å²) in [4.78, 5) is 4.22. The number of guanidine groups is 1. The third-order valence-electron chi connectivity index (χ3n) is 5.37. The molecule has 1 heterocycles. The fraction of sp³-hybridized carbons (Fsp3) is 0.409. The lowest BCUT2D eigenvalue weighted by molar-refractivity contribution is -0.137. The number of hydrogen-bond donors (Lipinski definition) is 2. The predicted octanol–water partition coefficient (Wildman–Crippen LogP) is 4.74. The molecule has 8 heteroatoms. The summed E-state index contributed by atoms with van der Waals surface area (Å²) in [7, 11) is 1.65. The summed E-state index contributed by atoms with van der Waals surface area (Å²) in [5.41, 5.74) is 1.09. The zero-order valence-electron chi connectivity index (χ0n) is 16.8. The van der Waals surface area contributed by atoms with Gasteiger partial charge in [0.15, 0.2) is 5.96 Å². The van der Waals surface area contributed by atoms with Gasteiger partial charge in [-0.2, -0.15) is 13.2 Å². The second-order valence-electron chi connectivity index (χ2n) is 7.24. The zero-order chi connectivity index (χ0) is 20.7. The first-order chi connectivity index (χ1) is 13.9. The molecule has 0 unspecified atom stereocenters. The summed E-state index contributed by atoms with van der Waals surface area (Å²) >= 11 is 0. The Morgan fingerprint density at radius 3 is 2.37 bits per heavy atom. The van der Waals surface area contributed by atoms with Crippen molar-refractivity contribution in [2.24, 2.45) is 4.99 Å². The highest BCUT2D eigenvalue weighted by atomic mass is 127. The summed E-state index contributed by atoms with van der Waals surface area (Å²) in [6.45, 7) is 2.33. The van der Waals surface area contributed by atoms with E-state index in [1.165, 1.54) is 11.6 Å². The molecule has 0 atom stereocenters.